The largest absolute Gasteiger partial charge is 0.384 e. The van der Waals surface area contributed by atoms with Crippen molar-refractivity contribution in [3.05, 3.63) is 24.5 Å². The number of urea groups is 1. The summed E-state index contributed by atoms with van der Waals surface area (Å²) in [6.45, 7) is 9.09. The predicted molar refractivity (Wildman–Crippen MR) is 107 cm³/mol. The number of carbonyl (C=O) groups excluding carboxylic acids is 1. The molecule has 2 N–H and O–H groups in total. The van der Waals surface area contributed by atoms with E-state index in [-0.39, 0.29) is 6.03 Å². The van der Waals surface area contributed by atoms with Crippen LogP contribution in [0.25, 0.3) is 0 Å². The van der Waals surface area contributed by atoms with E-state index in [1.165, 1.54) is 32.5 Å². The Kier molecular flexibility index (Phi) is 6.09. The number of anilines is 1. The lowest BCUT2D eigenvalue weighted by Crippen LogP contribution is -2.62. The van der Waals surface area contributed by atoms with Crippen LogP contribution in [0.3, 0.4) is 0 Å². The first kappa shape index (κ1) is 18.5. The summed E-state index contributed by atoms with van der Waals surface area (Å²) in [5.74, 6) is 0.877. The highest BCUT2D eigenvalue weighted by atomic mass is 16.2. The van der Waals surface area contributed by atoms with Crippen molar-refractivity contribution in [1.82, 2.24) is 25.0 Å². The normalized spacial score (nSPS) is 28.1. The highest BCUT2D eigenvalue weighted by molar-refractivity contribution is 5.74. The molecule has 4 aliphatic heterocycles. The van der Waals surface area contributed by atoms with Gasteiger partial charge in [-0.05, 0) is 50.4 Å². The molecule has 1 aromatic rings. The fraction of sp³-hybridized carbons (Fsp3) is 0.700. The van der Waals surface area contributed by atoms with Crippen LogP contribution in [0.1, 0.15) is 19.3 Å². The van der Waals surface area contributed by atoms with Gasteiger partial charge in [0.15, 0.2) is 0 Å². The molecule has 4 fully saturated rings. The molecular weight excluding hydrogens is 340 g/mol. The predicted octanol–water partition coefficient (Wildman–Crippen LogP) is 1.31. The smallest absolute Gasteiger partial charge is 0.317 e. The second-order valence-electron chi connectivity index (χ2n) is 7.98. The molecule has 0 aliphatic carbocycles. The van der Waals surface area contributed by atoms with Crippen LogP contribution >= 0.6 is 0 Å². The van der Waals surface area contributed by atoms with E-state index in [4.69, 9.17) is 0 Å². The summed E-state index contributed by atoms with van der Waals surface area (Å²) in [5, 5.41) is 6.38. The lowest BCUT2D eigenvalue weighted by atomic mass is 9.83. The Morgan fingerprint density at radius 1 is 1.11 bits per heavy atom. The van der Waals surface area contributed by atoms with Gasteiger partial charge in [0.25, 0.3) is 0 Å². The highest BCUT2D eigenvalue weighted by Gasteiger charge is 2.38. The number of nitrogens with zero attached hydrogens (tertiary/aromatic N) is 4. The number of nitrogens with one attached hydrogen (secondary N) is 2. The van der Waals surface area contributed by atoms with Gasteiger partial charge in [0.1, 0.15) is 0 Å². The van der Waals surface area contributed by atoms with Crippen LogP contribution in [-0.4, -0.2) is 90.7 Å². The first-order valence-electron chi connectivity index (χ1n) is 10.4. The molecule has 148 valence electrons. The van der Waals surface area contributed by atoms with Gasteiger partial charge in [-0.25, -0.2) is 4.79 Å². The molecule has 2 bridgehead atoms. The average Bonchev–Trinajstić information content (AvgIpc) is 2.75. The monoisotopic (exact) mass is 372 g/mol. The Balaban J connectivity index is 1.12. The fourth-order valence-electron chi connectivity index (χ4n) is 4.70. The van der Waals surface area contributed by atoms with Crippen molar-refractivity contribution >= 4 is 11.7 Å². The first-order chi connectivity index (χ1) is 13.3. The second kappa shape index (κ2) is 8.89. The maximum absolute atomic E-state index is 12.4. The van der Waals surface area contributed by atoms with Crippen molar-refractivity contribution in [3.8, 4) is 0 Å². The van der Waals surface area contributed by atoms with Crippen LogP contribution in [0, 0.1) is 5.92 Å². The SMILES string of the molecule is O=C(NCCCNc1cccnc1)N1CCN([C@@H]2CN3CCC2CC3)CC1. The van der Waals surface area contributed by atoms with Crippen LogP contribution in [0.4, 0.5) is 10.5 Å². The lowest BCUT2D eigenvalue weighted by molar-refractivity contribution is -0.0103. The van der Waals surface area contributed by atoms with Gasteiger partial charge in [-0.2, -0.15) is 0 Å². The average molecular weight is 373 g/mol. The number of amides is 2. The van der Waals surface area contributed by atoms with Gasteiger partial charge in [-0.15, -0.1) is 0 Å². The maximum Gasteiger partial charge on any atom is 0.317 e. The van der Waals surface area contributed by atoms with E-state index in [9.17, 15) is 4.79 Å². The Morgan fingerprint density at radius 3 is 2.59 bits per heavy atom. The summed E-state index contributed by atoms with van der Waals surface area (Å²) < 4.78 is 0. The Morgan fingerprint density at radius 2 is 1.93 bits per heavy atom. The molecule has 5 rings (SSSR count). The number of piperazine rings is 1. The van der Waals surface area contributed by atoms with E-state index >= 15 is 0 Å². The summed E-state index contributed by atoms with van der Waals surface area (Å²) in [5.41, 5.74) is 1.02. The number of hydrogen-bond donors (Lipinski definition) is 2. The van der Waals surface area contributed by atoms with Gasteiger partial charge < -0.3 is 20.4 Å². The van der Waals surface area contributed by atoms with Gasteiger partial charge >= 0.3 is 6.03 Å². The van der Waals surface area contributed by atoms with E-state index in [1.54, 1.807) is 6.20 Å². The zero-order valence-electron chi connectivity index (χ0n) is 16.1. The lowest BCUT2D eigenvalue weighted by Gasteiger charge is -2.50. The van der Waals surface area contributed by atoms with Crippen LogP contribution < -0.4 is 10.6 Å². The molecule has 1 atom stereocenters. The van der Waals surface area contributed by atoms with E-state index in [2.05, 4.69) is 25.4 Å². The minimum absolute atomic E-state index is 0.0879. The van der Waals surface area contributed by atoms with Crippen LogP contribution in [0.5, 0.6) is 0 Å². The molecule has 0 radical (unpaired) electrons. The third-order valence-electron chi connectivity index (χ3n) is 6.31. The molecule has 4 saturated heterocycles. The molecule has 27 heavy (non-hydrogen) atoms. The molecule has 7 heteroatoms. The second-order valence-corrected chi connectivity index (χ2v) is 7.98. The molecule has 0 saturated carbocycles. The third kappa shape index (κ3) is 4.71. The van der Waals surface area contributed by atoms with Gasteiger partial charge in [0.2, 0.25) is 0 Å². The summed E-state index contributed by atoms with van der Waals surface area (Å²) in [6, 6.07) is 4.72. The zero-order valence-corrected chi connectivity index (χ0v) is 16.1. The van der Waals surface area contributed by atoms with Crippen LogP contribution in [0.2, 0.25) is 0 Å². The maximum atomic E-state index is 12.4. The number of hydrogen-bond acceptors (Lipinski definition) is 5. The van der Waals surface area contributed by atoms with Gasteiger partial charge in [0.05, 0.1) is 5.69 Å². The molecule has 5 heterocycles. The molecule has 2 amide bonds. The van der Waals surface area contributed by atoms with Crippen molar-refractivity contribution in [3.63, 3.8) is 0 Å². The van der Waals surface area contributed by atoms with Crippen molar-refractivity contribution in [2.75, 3.05) is 64.2 Å². The van der Waals surface area contributed by atoms with E-state index < -0.39 is 0 Å². The molecule has 0 unspecified atom stereocenters. The zero-order chi connectivity index (χ0) is 18.5. The minimum Gasteiger partial charge on any atom is -0.384 e. The van der Waals surface area contributed by atoms with E-state index in [1.807, 2.05) is 23.2 Å². The summed E-state index contributed by atoms with van der Waals surface area (Å²) in [6.07, 6.45) is 7.20. The third-order valence-corrected chi connectivity index (χ3v) is 6.31. The summed E-state index contributed by atoms with van der Waals surface area (Å²) in [7, 11) is 0. The summed E-state index contributed by atoms with van der Waals surface area (Å²) >= 11 is 0. The van der Waals surface area contributed by atoms with Crippen LogP contribution in [0.15, 0.2) is 24.5 Å². The van der Waals surface area contributed by atoms with Gasteiger partial charge in [-0.3, -0.25) is 9.88 Å². The number of pyridine rings is 1. The number of piperidine rings is 3. The number of aromatic nitrogens is 1. The van der Waals surface area contributed by atoms with Crippen molar-refractivity contribution < 1.29 is 4.79 Å². The van der Waals surface area contributed by atoms with Crippen molar-refractivity contribution in [2.45, 2.75) is 25.3 Å². The van der Waals surface area contributed by atoms with Crippen LogP contribution in [-0.2, 0) is 0 Å². The molecule has 7 nitrogen and oxygen atoms in total. The topological polar surface area (TPSA) is 63.7 Å². The molecule has 4 aliphatic rings. The van der Waals surface area contributed by atoms with Crippen molar-refractivity contribution in [2.24, 2.45) is 5.92 Å². The first-order valence-corrected chi connectivity index (χ1v) is 10.4. The fourth-order valence-corrected chi connectivity index (χ4v) is 4.70. The van der Waals surface area contributed by atoms with Gasteiger partial charge in [-0.1, -0.05) is 0 Å². The number of fused-ring (bicyclic) bond motifs is 3. The quantitative estimate of drug-likeness (QED) is 0.737. The standard InChI is InChI=1S/C20H32N6O/c27-20(23-8-2-7-22-18-3-1-6-21-15-18)26-13-11-25(12-14-26)19-16-24-9-4-17(19)5-10-24/h1,3,6,15,17,19,22H,2,4-5,7-14,16H2,(H,23,27)/t19-/m1/s1. The highest BCUT2D eigenvalue weighted by Crippen LogP contribution is 2.31. The molecule has 0 spiro atoms. The van der Waals surface area contributed by atoms with Crippen molar-refractivity contribution in [1.29, 1.82) is 0 Å². The molecular formula is C20H32N6O. The molecule has 1 aromatic heterocycles. The Labute approximate surface area is 162 Å². The van der Waals surface area contributed by atoms with E-state index in [0.717, 1.165) is 56.8 Å². The Bertz CT molecular complexity index is 596. The minimum atomic E-state index is 0.0879. The van der Waals surface area contributed by atoms with E-state index in [0.29, 0.717) is 6.54 Å². The Hall–Kier alpha value is -1.86. The van der Waals surface area contributed by atoms with Gasteiger partial charge in [0, 0.05) is 64.2 Å². The number of carbonyl (C=O) groups is 1. The number of rotatable bonds is 6. The molecule has 0 aromatic carbocycles. The summed E-state index contributed by atoms with van der Waals surface area (Å²) in [4.78, 5) is 23.7.